The summed E-state index contributed by atoms with van der Waals surface area (Å²) in [7, 11) is 0. The van der Waals surface area contributed by atoms with E-state index in [0.29, 0.717) is 16.5 Å². The molecule has 1 unspecified atom stereocenters. The predicted molar refractivity (Wildman–Crippen MR) is 130 cm³/mol. The number of esters is 1. The Hall–Kier alpha value is -3.52. The molecule has 3 aromatic rings. The van der Waals surface area contributed by atoms with Crippen LogP contribution in [0.5, 0.6) is 0 Å². The maximum atomic E-state index is 12.6. The third kappa shape index (κ3) is 4.96. The topological polar surface area (TPSA) is 96.9 Å². The number of carbonyl (C=O) groups excluding carboxylic acids is 3. The summed E-state index contributed by atoms with van der Waals surface area (Å²) in [6.07, 6.45) is 4.05. The van der Waals surface area contributed by atoms with E-state index >= 15 is 0 Å². The third-order valence-electron chi connectivity index (χ3n) is 5.62. The monoisotopic (exact) mass is 463 g/mol. The summed E-state index contributed by atoms with van der Waals surface area (Å²) in [6, 6.07) is 13.6. The highest BCUT2D eigenvalue weighted by molar-refractivity contribution is 7.17. The van der Waals surface area contributed by atoms with Crippen LogP contribution in [0.3, 0.4) is 0 Å². The molecule has 2 amide bonds. The number of amides is 2. The predicted octanol–water partition coefficient (Wildman–Crippen LogP) is 4.29. The van der Waals surface area contributed by atoms with E-state index in [1.807, 2.05) is 42.5 Å². The number of thiophene rings is 1. The zero-order chi connectivity index (χ0) is 23.4. The quantitative estimate of drug-likeness (QED) is 0.255. The van der Waals surface area contributed by atoms with Crippen molar-refractivity contribution in [2.75, 3.05) is 11.9 Å². The van der Waals surface area contributed by atoms with Gasteiger partial charge in [0, 0.05) is 10.4 Å². The Kier molecular flexibility index (Phi) is 6.84. The number of rotatable bonds is 5. The molecule has 0 saturated carbocycles. The van der Waals surface area contributed by atoms with Gasteiger partial charge in [0.05, 0.1) is 18.4 Å². The summed E-state index contributed by atoms with van der Waals surface area (Å²) in [6.45, 7) is 4.13. The van der Waals surface area contributed by atoms with Gasteiger partial charge in [0.1, 0.15) is 5.00 Å². The highest BCUT2D eigenvalue weighted by Crippen LogP contribution is 2.40. The molecule has 4 rings (SSSR count). The van der Waals surface area contributed by atoms with Crippen LogP contribution in [0.4, 0.5) is 5.00 Å². The molecular formula is C25H25N3O4S. The van der Waals surface area contributed by atoms with Gasteiger partial charge in [-0.1, -0.05) is 49.4 Å². The Labute approximate surface area is 195 Å². The second kappa shape index (κ2) is 9.95. The van der Waals surface area contributed by atoms with Crippen LogP contribution in [-0.2, 0) is 27.2 Å². The van der Waals surface area contributed by atoms with Gasteiger partial charge in [-0.25, -0.2) is 10.2 Å². The average molecular weight is 464 g/mol. The van der Waals surface area contributed by atoms with Gasteiger partial charge < -0.3 is 10.1 Å². The Morgan fingerprint density at radius 1 is 1.15 bits per heavy atom. The van der Waals surface area contributed by atoms with Gasteiger partial charge in [-0.05, 0) is 48.4 Å². The van der Waals surface area contributed by atoms with Crippen LogP contribution in [-0.4, -0.2) is 30.6 Å². The Balaban J connectivity index is 1.48. The molecule has 0 fully saturated rings. The summed E-state index contributed by atoms with van der Waals surface area (Å²) in [5.74, 6) is -1.78. The zero-order valence-electron chi connectivity index (χ0n) is 18.5. The van der Waals surface area contributed by atoms with Gasteiger partial charge in [0.2, 0.25) is 0 Å². The number of fused-ring (bicyclic) bond motifs is 2. The summed E-state index contributed by atoms with van der Waals surface area (Å²) < 4.78 is 5.20. The van der Waals surface area contributed by atoms with Crippen molar-refractivity contribution in [3.8, 4) is 0 Å². The van der Waals surface area contributed by atoms with E-state index in [9.17, 15) is 14.4 Å². The first kappa shape index (κ1) is 22.7. The van der Waals surface area contributed by atoms with E-state index in [4.69, 9.17) is 4.74 Å². The van der Waals surface area contributed by atoms with Crippen LogP contribution in [0.2, 0.25) is 0 Å². The third-order valence-corrected chi connectivity index (χ3v) is 6.79. The fourth-order valence-electron chi connectivity index (χ4n) is 3.99. The summed E-state index contributed by atoms with van der Waals surface area (Å²) in [5.41, 5.74) is 4.37. The van der Waals surface area contributed by atoms with Crippen molar-refractivity contribution in [3.05, 3.63) is 64.0 Å². The highest BCUT2D eigenvalue weighted by Gasteiger charge is 2.30. The minimum absolute atomic E-state index is 0.233. The van der Waals surface area contributed by atoms with E-state index in [0.717, 1.165) is 46.0 Å². The molecule has 8 heteroatoms. The van der Waals surface area contributed by atoms with E-state index in [1.54, 1.807) is 6.92 Å². The van der Waals surface area contributed by atoms with Crippen LogP contribution in [0.1, 0.15) is 46.6 Å². The van der Waals surface area contributed by atoms with E-state index in [2.05, 4.69) is 22.8 Å². The summed E-state index contributed by atoms with van der Waals surface area (Å²) in [5, 5.41) is 8.92. The standard InChI is InChI=1S/C25H25N3O4S/c1-3-32-25(31)21-19-12-11-15(2)13-20(19)33-24(21)27-22(29)23(30)28-26-14-17-9-6-8-16-7-4-5-10-18(16)17/h4-10,14-15H,3,11-13H2,1-2H3,(H,27,29)(H,28,30). The minimum Gasteiger partial charge on any atom is -0.462 e. The van der Waals surface area contributed by atoms with Crippen LogP contribution >= 0.6 is 11.3 Å². The lowest BCUT2D eigenvalue weighted by atomic mass is 9.88. The van der Waals surface area contributed by atoms with Crippen molar-refractivity contribution in [2.24, 2.45) is 11.0 Å². The number of carbonyl (C=O) groups is 3. The molecule has 2 aromatic carbocycles. The van der Waals surface area contributed by atoms with Crippen molar-refractivity contribution >= 4 is 51.1 Å². The zero-order valence-corrected chi connectivity index (χ0v) is 19.3. The first-order valence-electron chi connectivity index (χ1n) is 10.9. The van der Waals surface area contributed by atoms with Gasteiger partial charge in [-0.3, -0.25) is 9.59 Å². The van der Waals surface area contributed by atoms with Crippen LogP contribution in [0.15, 0.2) is 47.6 Å². The Bertz CT molecular complexity index is 1240. The first-order valence-corrected chi connectivity index (χ1v) is 11.7. The molecule has 170 valence electrons. The first-order chi connectivity index (χ1) is 16.0. The molecule has 1 heterocycles. The van der Waals surface area contributed by atoms with Gasteiger partial charge >= 0.3 is 17.8 Å². The van der Waals surface area contributed by atoms with Crippen molar-refractivity contribution in [2.45, 2.75) is 33.1 Å². The lowest BCUT2D eigenvalue weighted by Crippen LogP contribution is -2.32. The van der Waals surface area contributed by atoms with E-state index in [1.165, 1.54) is 17.6 Å². The number of hydrazone groups is 1. The number of benzene rings is 2. The number of nitrogens with one attached hydrogen (secondary N) is 2. The fraction of sp³-hybridized carbons (Fsp3) is 0.280. The van der Waals surface area contributed by atoms with Crippen LogP contribution < -0.4 is 10.7 Å². The van der Waals surface area contributed by atoms with Gasteiger partial charge in [0.25, 0.3) is 0 Å². The smallest absolute Gasteiger partial charge is 0.341 e. The molecule has 0 radical (unpaired) electrons. The second-order valence-corrected chi connectivity index (χ2v) is 9.10. The van der Waals surface area contributed by atoms with Crippen molar-refractivity contribution < 1.29 is 19.1 Å². The molecular weight excluding hydrogens is 438 g/mol. The largest absolute Gasteiger partial charge is 0.462 e. The number of ether oxygens (including phenoxy) is 1. The number of anilines is 1. The van der Waals surface area contributed by atoms with Gasteiger partial charge in [-0.2, -0.15) is 5.10 Å². The minimum atomic E-state index is -0.916. The molecule has 33 heavy (non-hydrogen) atoms. The highest BCUT2D eigenvalue weighted by atomic mass is 32.1. The number of hydrogen-bond donors (Lipinski definition) is 2. The molecule has 7 nitrogen and oxygen atoms in total. The summed E-state index contributed by atoms with van der Waals surface area (Å²) >= 11 is 1.34. The Morgan fingerprint density at radius 2 is 1.94 bits per heavy atom. The number of hydrogen-bond acceptors (Lipinski definition) is 6. The molecule has 1 aliphatic carbocycles. The van der Waals surface area contributed by atoms with Crippen molar-refractivity contribution in [3.63, 3.8) is 0 Å². The number of nitrogens with zero attached hydrogens (tertiary/aromatic N) is 1. The van der Waals surface area contributed by atoms with Crippen molar-refractivity contribution in [1.29, 1.82) is 0 Å². The van der Waals surface area contributed by atoms with E-state index in [-0.39, 0.29) is 6.61 Å². The van der Waals surface area contributed by atoms with Crippen molar-refractivity contribution in [1.82, 2.24) is 5.43 Å². The average Bonchev–Trinajstić information content (AvgIpc) is 3.16. The maximum Gasteiger partial charge on any atom is 0.341 e. The Morgan fingerprint density at radius 3 is 2.76 bits per heavy atom. The lowest BCUT2D eigenvalue weighted by molar-refractivity contribution is -0.136. The van der Waals surface area contributed by atoms with Crippen LogP contribution in [0.25, 0.3) is 10.8 Å². The fourth-order valence-corrected chi connectivity index (χ4v) is 5.39. The molecule has 0 spiro atoms. The van der Waals surface area contributed by atoms with E-state index < -0.39 is 17.8 Å². The SMILES string of the molecule is CCOC(=O)c1c(NC(=O)C(=O)NN=Cc2cccc3ccccc23)sc2c1CCC(C)C2. The molecule has 2 N–H and O–H groups in total. The molecule has 1 aliphatic rings. The molecule has 1 atom stereocenters. The molecule has 0 saturated heterocycles. The van der Waals surface area contributed by atoms with Gasteiger partial charge in [-0.15, -0.1) is 11.3 Å². The lowest BCUT2D eigenvalue weighted by Gasteiger charge is -2.18. The molecule has 1 aromatic heterocycles. The molecule has 0 aliphatic heterocycles. The normalized spacial score (nSPS) is 15.3. The molecule has 0 bridgehead atoms. The van der Waals surface area contributed by atoms with Gasteiger partial charge in [0.15, 0.2) is 0 Å². The maximum absolute atomic E-state index is 12.6. The summed E-state index contributed by atoms with van der Waals surface area (Å²) in [4.78, 5) is 38.5. The second-order valence-electron chi connectivity index (χ2n) is 8.00. The van der Waals surface area contributed by atoms with Crippen LogP contribution in [0, 0.1) is 5.92 Å².